The largest absolute Gasteiger partial charge is 0.334 e. The molecule has 0 radical (unpaired) electrons. The second kappa shape index (κ2) is 8.12. The average molecular weight is 357 g/mol. The number of rotatable bonds is 5. The first kappa shape index (κ1) is 17.4. The minimum Gasteiger partial charge on any atom is -0.334 e. The molecule has 0 N–H and O–H groups in total. The molecule has 1 fully saturated rings. The summed E-state index contributed by atoms with van der Waals surface area (Å²) in [4.78, 5) is 23.8. The Labute approximate surface area is 159 Å². The monoisotopic (exact) mass is 357 g/mol. The summed E-state index contributed by atoms with van der Waals surface area (Å²) in [5, 5.41) is 0. The number of likely N-dealkylation sites (tertiary alicyclic amines) is 1. The summed E-state index contributed by atoms with van der Waals surface area (Å²) in [5.41, 5.74) is 4.25. The van der Waals surface area contributed by atoms with Crippen molar-refractivity contribution in [2.75, 3.05) is 6.54 Å². The van der Waals surface area contributed by atoms with Crippen molar-refractivity contribution in [1.29, 1.82) is 0 Å². The Morgan fingerprint density at radius 1 is 1.00 bits per heavy atom. The highest BCUT2D eigenvalue weighted by Gasteiger charge is 2.30. The minimum atomic E-state index is 0.0740. The molecule has 4 rings (SSSR count). The second-order valence-corrected chi connectivity index (χ2v) is 7.00. The summed E-state index contributed by atoms with van der Waals surface area (Å²) >= 11 is 0. The van der Waals surface area contributed by atoms with E-state index < -0.39 is 0 Å². The summed E-state index contributed by atoms with van der Waals surface area (Å²) in [6, 6.07) is 20.4. The average Bonchev–Trinajstić information content (AvgIpc) is 3.20. The molecule has 1 aromatic carbocycles. The van der Waals surface area contributed by atoms with Crippen LogP contribution >= 0.6 is 0 Å². The molecule has 1 saturated heterocycles. The molecule has 3 heterocycles. The molecule has 0 aliphatic carbocycles. The van der Waals surface area contributed by atoms with Crippen molar-refractivity contribution in [3.63, 3.8) is 0 Å². The lowest BCUT2D eigenvalue weighted by atomic mass is 10.1. The SMILES string of the molecule is O=C(Cc1cccnc1)N1CCC[C@H]1c1cccc(Cc2ccccc2)n1. The summed E-state index contributed by atoms with van der Waals surface area (Å²) in [5.74, 6) is 0.153. The Balaban J connectivity index is 1.50. The molecule has 0 unspecified atom stereocenters. The van der Waals surface area contributed by atoms with Crippen molar-refractivity contribution in [2.24, 2.45) is 0 Å². The number of aromatic nitrogens is 2. The number of nitrogens with zero attached hydrogens (tertiary/aromatic N) is 3. The molecule has 0 spiro atoms. The zero-order valence-electron chi connectivity index (χ0n) is 15.3. The molecule has 0 bridgehead atoms. The molecule has 4 heteroatoms. The van der Waals surface area contributed by atoms with Crippen LogP contribution in [-0.4, -0.2) is 27.3 Å². The van der Waals surface area contributed by atoms with Crippen LogP contribution in [0.15, 0.2) is 73.1 Å². The van der Waals surface area contributed by atoms with E-state index in [1.54, 1.807) is 12.4 Å². The first-order valence-electron chi connectivity index (χ1n) is 9.48. The van der Waals surface area contributed by atoms with Crippen molar-refractivity contribution in [3.05, 3.63) is 95.6 Å². The lowest BCUT2D eigenvalue weighted by Gasteiger charge is -2.25. The molecule has 2 aromatic heterocycles. The fourth-order valence-corrected chi connectivity index (χ4v) is 3.74. The molecule has 27 heavy (non-hydrogen) atoms. The molecule has 1 aliphatic rings. The van der Waals surface area contributed by atoms with E-state index in [1.807, 2.05) is 23.1 Å². The van der Waals surface area contributed by atoms with Crippen molar-refractivity contribution in [3.8, 4) is 0 Å². The maximum Gasteiger partial charge on any atom is 0.227 e. The summed E-state index contributed by atoms with van der Waals surface area (Å²) in [7, 11) is 0. The molecule has 0 saturated carbocycles. The van der Waals surface area contributed by atoms with Gasteiger partial charge in [0.05, 0.1) is 18.2 Å². The smallest absolute Gasteiger partial charge is 0.227 e. The topological polar surface area (TPSA) is 46.1 Å². The Kier molecular flexibility index (Phi) is 5.24. The van der Waals surface area contributed by atoms with Crippen LogP contribution in [0.25, 0.3) is 0 Å². The maximum atomic E-state index is 12.8. The highest BCUT2D eigenvalue weighted by Crippen LogP contribution is 2.31. The third-order valence-corrected chi connectivity index (χ3v) is 5.05. The van der Waals surface area contributed by atoms with Gasteiger partial charge in [0.25, 0.3) is 0 Å². The molecule has 136 valence electrons. The van der Waals surface area contributed by atoms with E-state index in [4.69, 9.17) is 4.98 Å². The van der Waals surface area contributed by atoms with Crippen molar-refractivity contribution in [2.45, 2.75) is 31.7 Å². The number of amides is 1. The highest BCUT2D eigenvalue weighted by molar-refractivity contribution is 5.79. The molecule has 4 nitrogen and oxygen atoms in total. The van der Waals surface area contributed by atoms with Crippen LogP contribution in [-0.2, 0) is 17.6 Å². The Morgan fingerprint density at radius 2 is 1.85 bits per heavy atom. The van der Waals surface area contributed by atoms with E-state index >= 15 is 0 Å². The van der Waals surface area contributed by atoms with Gasteiger partial charge in [-0.15, -0.1) is 0 Å². The number of pyridine rings is 2. The zero-order chi connectivity index (χ0) is 18.5. The molecule has 1 atom stereocenters. The van der Waals surface area contributed by atoms with Gasteiger partial charge in [-0.25, -0.2) is 0 Å². The highest BCUT2D eigenvalue weighted by atomic mass is 16.2. The Hall–Kier alpha value is -3.01. The third-order valence-electron chi connectivity index (χ3n) is 5.05. The Morgan fingerprint density at radius 3 is 2.67 bits per heavy atom. The van der Waals surface area contributed by atoms with Gasteiger partial charge in [0.1, 0.15) is 0 Å². The van der Waals surface area contributed by atoms with E-state index in [0.717, 1.165) is 42.8 Å². The normalized spacial score (nSPS) is 16.4. The fourth-order valence-electron chi connectivity index (χ4n) is 3.74. The van der Waals surface area contributed by atoms with Crippen LogP contribution in [0.4, 0.5) is 0 Å². The van der Waals surface area contributed by atoms with E-state index in [2.05, 4.69) is 47.4 Å². The van der Waals surface area contributed by atoms with Crippen molar-refractivity contribution >= 4 is 5.91 Å². The summed E-state index contributed by atoms with van der Waals surface area (Å²) in [6.45, 7) is 0.800. The fraction of sp³-hybridized carbons (Fsp3) is 0.261. The number of benzene rings is 1. The maximum absolute atomic E-state index is 12.8. The third kappa shape index (κ3) is 4.22. The van der Waals surface area contributed by atoms with E-state index in [9.17, 15) is 4.79 Å². The van der Waals surface area contributed by atoms with Gasteiger partial charge in [0.2, 0.25) is 5.91 Å². The standard InChI is InChI=1S/C23H23N3O/c27-23(16-19-9-5-13-24-17-19)26-14-6-12-22(26)21-11-4-10-20(25-21)15-18-7-2-1-3-8-18/h1-5,7-11,13,17,22H,6,12,14-16H2/t22-/m0/s1. The van der Waals surface area contributed by atoms with E-state index in [-0.39, 0.29) is 11.9 Å². The molecule has 1 amide bonds. The van der Waals surface area contributed by atoms with Crippen molar-refractivity contribution in [1.82, 2.24) is 14.9 Å². The van der Waals surface area contributed by atoms with Gasteiger partial charge >= 0.3 is 0 Å². The minimum absolute atomic E-state index is 0.0740. The van der Waals surface area contributed by atoms with Gasteiger partial charge in [0, 0.05) is 31.1 Å². The predicted molar refractivity (Wildman–Crippen MR) is 105 cm³/mol. The van der Waals surface area contributed by atoms with E-state index in [1.165, 1.54) is 5.56 Å². The number of carbonyl (C=O) groups excluding carboxylic acids is 1. The van der Waals surface area contributed by atoms with Gasteiger partial charge < -0.3 is 4.90 Å². The predicted octanol–water partition coefficient (Wildman–Crippen LogP) is 3.97. The van der Waals surface area contributed by atoms with Gasteiger partial charge in [-0.2, -0.15) is 0 Å². The lowest BCUT2D eigenvalue weighted by Crippen LogP contribution is -2.32. The van der Waals surface area contributed by atoms with Crippen LogP contribution in [0.2, 0.25) is 0 Å². The molecular formula is C23H23N3O. The summed E-state index contributed by atoms with van der Waals surface area (Å²) in [6.07, 6.45) is 6.70. The van der Waals surface area contributed by atoms with Gasteiger partial charge in [-0.05, 0) is 42.2 Å². The molecular weight excluding hydrogens is 334 g/mol. The quantitative estimate of drug-likeness (QED) is 0.694. The number of carbonyl (C=O) groups is 1. The first-order valence-corrected chi connectivity index (χ1v) is 9.48. The number of hydrogen-bond acceptors (Lipinski definition) is 3. The van der Waals surface area contributed by atoms with Gasteiger partial charge in [0.15, 0.2) is 0 Å². The van der Waals surface area contributed by atoms with Crippen molar-refractivity contribution < 1.29 is 4.79 Å². The van der Waals surface area contributed by atoms with Crippen LogP contribution in [0.3, 0.4) is 0 Å². The molecule has 3 aromatic rings. The van der Waals surface area contributed by atoms with E-state index in [0.29, 0.717) is 6.42 Å². The van der Waals surface area contributed by atoms with Gasteiger partial charge in [-0.3, -0.25) is 14.8 Å². The second-order valence-electron chi connectivity index (χ2n) is 7.00. The van der Waals surface area contributed by atoms with Gasteiger partial charge in [-0.1, -0.05) is 42.5 Å². The first-order chi connectivity index (χ1) is 13.3. The van der Waals surface area contributed by atoms with Crippen LogP contribution < -0.4 is 0 Å². The summed E-state index contributed by atoms with van der Waals surface area (Å²) < 4.78 is 0. The Bertz CT molecular complexity index is 896. The number of hydrogen-bond donors (Lipinski definition) is 0. The van der Waals surface area contributed by atoms with Crippen LogP contribution in [0, 0.1) is 0 Å². The van der Waals surface area contributed by atoms with Crippen LogP contribution in [0.1, 0.15) is 41.4 Å². The lowest BCUT2D eigenvalue weighted by molar-refractivity contribution is -0.131. The van der Waals surface area contributed by atoms with Crippen LogP contribution in [0.5, 0.6) is 0 Å². The molecule has 1 aliphatic heterocycles. The zero-order valence-corrected chi connectivity index (χ0v) is 15.3.